The molecule has 77 heavy (non-hydrogen) atoms. The number of aliphatic carboxylic acids is 1. The third kappa shape index (κ3) is 9.00. The van der Waals surface area contributed by atoms with Crippen molar-refractivity contribution in [3.8, 4) is 0 Å². The second-order valence-corrected chi connectivity index (χ2v) is 20.5. The van der Waals surface area contributed by atoms with E-state index in [1.54, 1.807) is 0 Å². The number of carboxylic acid groups (broad SMARTS) is 1. The van der Waals surface area contributed by atoms with Gasteiger partial charge in [-0.25, -0.2) is 0 Å². The molecule has 10 aromatic rings. The van der Waals surface area contributed by atoms with E-state index in [1.807, 2.05) is 0 Å². The molecule has 2 heterocycles. The van der Waals surface area contributed by atoms with Gasteiger partial charge in [-0.05, 0) is 98.0 Å². The first-order chi connectivity index (χ1) is 38.0. The summed E-state index contributed by atoms with van der Waals surface area (Å²) in [6.07, 6.45) is 13.8. The molecule has 0 fully saturated rings. The Kier molecular flexibility index (Phi) is 13.5. The zero-order chi connectivity index (χ0) is 52.2. The van der Waals surface area contributed by atoms with Gasteiger partial charge in [0.15, 0.2) is 12.3 Å². The maximum atomic E-state index is 12.7. The maximum absolute atomic E-state index is 12.7. The van der Waals surface area contributed by atoms with E-state index in [4.69, 9.17) is 4.74 Å². The number of carbonyl (C=O) groups is 2. The Hall–Kier alpha value is -9.13. The summed E-state index contributed by atoms with van der Waals surface area (Å²) < 4.78 is 7.90. The molecule has 2 aliphatic rings. The fourth-order valence-corrected chi connectivity index (χ4v) is 13.1. The highest BCUT2D eigenvalue weighted by Gasteiger charge is 2.53. The van der Waals surface area contributed by atoms with Gasteiger partial charge < -0.3 is 14.7 Å². The normalized spacial score (nSPS) is 15.1. The van der Waals surface area contributed by atoms with Crippen molar-refractivity contribution in [2.75, 3.05) is 24.6 Å². The molecule has 0 aliphatic carbocycles. The Morgan fingerprint density at radius 3 is 1.39 bits per heavy atom. The van der Waals surface area contributed by atoms with Crippen molar-refractivity contribution in [3.05, 3.63) is 288 Å². The third-order valence-corrected chi connectivity index (χ3v) is 16.0. The van der Waals surface area contributed by atoms with Crippen molar-refractivity contribution >= 4 is 72.6 Å². The maximum Gasteiger partial charge on any atom is 0.309 e. The van der Waals surface area contributed by atoms with Crippen LogP contribution in [0.25, 0.3) is 43.1 Å². The molecule has 0 saturated heterocycles. The minimum absolute atomic E-state index is 0.0366. The molecule has 0 bridgehead atoms. The summed E-state index contributed by atoms with van der Waals surface area (Å²) in [6.45, 7) is 1.50. The van der Waals surface area contributed by atoms with Gasteiger partial charge in [-0.15, -0.1) is 0 Å². The molecule has 1 N–H and O–H groups in total. The van der Waals surface area contributed by atoms with Crippen LogP contribution in [0.5, 0.6) is 0 Å². The van der Waals surface area contributed by atoms with Crippen LogP contribution in [0.4, 0.5) is 11.4 Å². The van der Waals surface area contributed by atoms with Crippen LogP contribution >= 0.6 is 0 Å². The van der Waals surface area contributed by atoms with Crippen LogP contribution in [0.3, 0.4) is 0 Å². The van der Waals surface area contributed by atoms with E-state index in [0.717, 1.165) is 51.8 Å². The lowest BCUT2D eigenvalue weighted by molar-refractivity contribution is -0.435. The second kappa shape index (κ2) is 21.2. The smallest absolute Gasteiger partial charge is 0.309 e. The van der Waals surface area contributed by atoms with Crippen LogP contribution < -0.4 is 4.90 Å². The molecule has 2 aliphatic heterocycles. The number of ether oxygens (including phenoxy) is 1. The van der Waals surface area contributed by atoms with Crippen LogP contribution in [-0.2, 0) is 50.8 Å². The van der Waals surface area contributed by atoms with Gasteiger partial charge in [0.1, 0.15) is 13.0 Å². The van der Waals surface area contributed by atoms with E-state index >= 15 is 0 Å². The van der Waals surface area contributed by atoms with Crippen LogP contribution in [-0.4, -0.2) is 47.5 Å². The minimum atomic E-state index is -0.842. The zero-order valence-electron chi connectivity index (χ0n) is 43.0. The average Bonchev–Trinajstić information content (AvgIpc) is 4.03. The topological polar surface area (TPSA) is 69.8 Å². The van der Waals surface area contributed by atoms with Gasteiger partial charge in [0, 0.05) is 28.1 Å². The number of fused-ring (bicyclic) bond motifs is 12. The molecule has 0 atom stereocenters. The minimum Gasteiger partial charge on any atom is -0.481 e. The summed E-state index contributed by atoms with van der Waals surface area (Å²) in [7, 11) is 0. The largest absolute Gasteiger partial charge is 0.481 e. The molecular weight excluding hydrogens is 945 g/mol. The van der Waals surface area contributed by atoms with Crippen molar-refractivity contribution in [2.24, 2.45) is 0 Å². The SMILES string of the molecule is O=COCCN1\C(=C/C=C/C=C/C2=[N+](CCC(=O)O)c3c(c4ccccc4c4ccccc34)C2(Cc2ccccc2)Cc2ccccc2)C(Cc2ccccc2)(Cc2ccccc2)c2c1c1ccccc1c1ccccc21. The number of nitrogens with zero attached hydrogens (tertiary/aromatic N) is 2. The highest BCUT2D eigenvalue weighted by Crippen LogP contribution is 2.57. The van der Waals surface area contributed by atoms with Gasteiger partial charge in [0.25, 0.3) is 6.47 Å². The van der Waals surface area contributed by atoms with Crippen molar-refractivity contribution < 1.29 is 24.0 Å². The van der Waals surface area contributed by atoms with Crippen molar-refractivity contribution in [1.29, 1.82) is 0 Å². The van der Waals surface area contributed by atoms with E-state index in [9.17, 15) is 14.7 Å². The molecule has 376 valence electrons. The molecule has 0 spiro atoms. The molecule has 0 saturated carbocycles. The molecule has 6 heteroatoms. The predicted octanol–water partition coefficient (Wildman–Crippen LogP) is 15.0. The number of anilines is 1. The molecule has 0 unspecified atom stereocenters. The van der Waals surface area contributed by atoms with E-state index in [1.165, 1.54) is 60.3 Å². The fraction of sp³-hybridized carbons (Fsp3) is 0.141. The van der Waals surface area contributed by atoms with Gasteiger partial charge in [0.2, 0.25) is 5.69 Å². The first-order valence-corrected chi connectivity index (χ1v) is 26.8. The molecule has 10 aromatic carbocycles. The Labute approximate surface area is 449 Å². The van der Waals surface area contributed by atoms with Crippen LogP contribution in [0.1, 0.15) is 39.8 Å². The van der Waals surface area contributed by atoms with Crippen LogP contribution in [0.15, 0.2) is 254 Å². The lowest BCUT2D eigenvalue weighted by atomic mass is 9.67. The second-order valence-electron chi connectivity index (χ2n) is 20.5. The number of allylic oxidation sites excluding steroid dienone is 6. The molecular formula is C71H59N2O4+. The molecule has 12 rings (SSSR count). The number of carboxylic acids is 1. The number of carbonyl (C=O) groups excluding carboxylic acids is 1. The quantitative estimate of drug-likeness (QED) is 0.0305. The predicted molar refractivity (Wildman–Crippen MR) is 315 cm³/mol. The summed E-state index contributed by atoms with van der Waals surface area (Å²) in [5.41, 5.74) is 10.5. The molecule has 6 nitrogen and oxygen atoms in total. The third-order valence-electron chi connectivity index (χ3n) is 16.0. The lowest BCUT2D eigenvalue weighted by Gasteiger charge is -2.35. The fourth-order valence-electron chi connectivity index (χ4n) is 13.1. The zero-order valence-corrected chi connectivity index (χ0v) is 43.0. The van der Waals surface area contributed by atoms with Gasteiger partial charge in [-0.3, -0.25) is 9.59 Å². The Morgan fingerprint density at radius 2 is 0.896 bits per heavy atom. The number of hydrogen-bond acceptors (Lipinski definition) is 4. The van der Waals surface area contributed by atoms with Crippen molar-refractivity contribution in [2.45, 2.75) is 42.9 Å². The summed E-state index contributed by atoms with van der Waals surface area (Å²) in [6, 6.07) is 78.0. The van der Waals surface area contributed by atoms with Crippen molar-refractivity contribution in [3.63, 3.8) is 0 Å². The van der Waals surface area contributed by atoms with Gasteiger partial charge >= 0.3 is 5.97 Å². The van der Waals surface area contributed by atoms with E-state index in [-0.39, 0.29) is 13.0 Å². The van der Waals surface area contributed by atoms with Crippen LogP contribution in [0, 0.1) is 0 Å². The highest BCUT2D eigenvalue weighted by molar-refractivity contribution is 6.20. The molecule has 0 aromatic heterocycles. The summed E-state index contributed by atoms with van der Waals surface area (Å²) in [5, 5.41) is 19.8. The monoisotopic (exact) mass is 1000 g/mol. The standard InChI is InChI=1S/C71H58N2O4/c74-50-77-45-44-73-64(71(48-53-28-10-3-11-29-53,49-54-30-12-4-13-31-54)67-60-37-21-17-33-56(60)58-35-19-23-39-62(58)69(67)73)41-15-5-14-40-63-70(46-51-24-6-1-7-25-51,47-52-26-8-2-9-27-52)66-59-36-20-16-32-55(59)57-34-18-22-38-61(57)68(66)72(63)43-42-65(75)76/h1-41,50H,42-49H2/p+1. The highest BCUT2D eigenvalue weighted by atomic mass is 16.5. The van der Waals surface area contributed by atoms with Crippen LogP contribution in [0.2, 0.25) is 0 Å². The summed E-state index contributed by atoms with van der Waals surface area (Å²) in [5.74, 6) is -0.842. The van der Waals surface area contributed by atoms with E-state index in [2.05, 4.69) is 258 Å². The molecule has 0 radical (unpaired) electrons. The number of rotatable bonds is 18. The first-order valence-electron chi connectivity index (χ1n) is 26.8. The van der Waals surface area contributed by atoms with Gasteiger partial charge in [0.05, 0.1) is 23.0 Å². The Morgan fingerprint density at radius 1 is 0.481 bits per heavy atom. The Balaban J connectivity index is 1.10. The Bertz CT molecular complexity index is 3870. The molecule has 0 amide bonds. The number of benzene rings is 10. The van der Waals surface area contributed by atoms with Gasteiger partial charge in [-0.1, -0.05) is 231 Å². The van der Waals surface area contributed by atoms with Crippen molar-refractivity contribution in [1.82, 2.24) is 0 Å². The van der Waals surface area contributed by atoms with E-state index in [0.29, 0.717) is 32.4 Å². The average molecular weight is 1000 g/mol. The number of hydrogen-bond donors (Lipinski definition) is 1. The van der Waals surface area contributed by atoms with E-state index < -0.39 is 16.8 Å². The lowest BCUT2D eigenvalue weighted by Crippen LogP contribution is -2.39. The summed E-state index contributed by atoms with van der Waals surface area (Å²) >= 11 is 0. The first kappa shape index (κ1) is 48.8. The van der Waals surface area contributed by atoms with Gasteiger partial charge in [-0.2, -0.15) is 4.58 Å². The summed E-state index contributed by atoms with van der Waals surface area (Å²) in [4.78, 5) is 27.1.